The molecule has 0 saturated carbocycles. The molecule has 0 bridgehead atoms. The second-order valence-corrected chi connectivity index (χ2v) is 7.00. The summed E-state index contributed by atoms with van der Waals surface area (Å²) < 4.78 is 10.9. The van der Waals surface area contributed by atoms with E-state index in [4.69, 9.17) is 26.2 Å². The maximum absolute atomic E-state index is 12.2. The molecule has 0 fully saturated rings. The number of hydrogen-bond donors (Lipinski definition) is 2. The number of carboxylic acid groups (broad SMARTS) is 1. The van der Waals surface area contributed by atoms with E-state index in [1.54, 1.807) is 38.1 Å². The lowest BCUT2D eigenvalue weighted by Gasteiger charge is -2.16. The highest BCUT2D eigenvalue weighted by Gasteiger charge is 2.18. The molecule has 0 unspecified atom stereocenters. The molecule has 6 nitrogen and oxygen atoms in total. The molecule has 0 heterocycles. The van der Waals surface area contributed by atoms with Gasteiger partial charge in [-0.2, -0.15) is 0 Å². The van der Waals surface area contributed by atoms with Crippen molar-refractivity contribution in [1.29, 1.82) is 0 Å². The van der Waals surface area contributed by atoms with Gasteiger partial charge in [-0.1, -0.05) is 35.9 Å². The first kappa shape index (κ1) is 22.7. The van der Waals surface area contributed by atoms with Gasteiger partial charge < -0.3 is 19.9 Å². The Kier molecular flexibility index (Phi) is 8.96. The minimum absolute atomic E-state index is 0.210. The summed E-state index contributed by atoms with van der Waals surface area (Å²) in [5, 5.41) is 12.7. The molecular weight excluding hydrogens is 394 g/mol. The van der Waals surface area contributed by atoms with Crippen LogP contribution in [0.1, 0.15) is 25.0 Å². The molecule has 2 atom stereocenters. The minimum atomic E-state index is -0.991. The van der Waals surface area contributed by atoms with Crippen molar-refractivity contribution in [2.45, 2.75) is 38.9 Å². The summed E-state index contributed by atoms with van der Waals surface area (Å²) in [6.45, 7) is 4.26. The van der Waals surface area contributed by atoms with Crippen LogP contribution in [0, 0.1) is 0 Å². The maximum atomic E-state index is 12.2. The fraction of sp³-hybridized carbons (Fsp3) is 0.364. The number of amides is 1. The third kappa shape index (κ3) is 7.75. The molecule has 0 spiro atoms. The Bertz CT molecular complexity index is 809. The van der Waals surface area contributed by atoms with Gasteiger partial charge in [0.15, 0.2) is 12.2 Å². The lowest BCUT2D eigenvalue weighted by atomic mass is 10.1. The van der Waals surface area contributed by atoms with Gasteiger partial charge >= 0.3 is 5.97 Å². The molecule has 29 heavy (non-hydrogen) atoms. The number of nitrogens with one attached hydrogen (secondary N) is 1. The van der Waals surface area contributed by atoms with E-state index < -0.39 is 18.2 Å². The molecule has 0 radical (unpaired) electrons. The third-order valence-corrected chi connectivity index (χ3v) is 4.51. The van der Waals surface area contributed by atoms with Crippen molar-refractivity contribution in [1.82, 2.24) is 5.32 Å². The Morgan fingerprint density at radius 2 is 1.86 bits per heavy atom. The molecule has 156 valence electrons. The number of benzene rings is 2. The second kappa shape index (κ2) is 11.4. The molecule has 1 amide bonds. The van der Waals surface area contributed by atoms with Crippen LogP contribution in [0.15, 0.2) is 48.5 Å². The predicted molar refractivity (Wildman–Crippen MR) is 111 cm³/mol. The fourth-order valence-corrected chi connectivity index (χ4v) is 2.97. The van der Waals surface area contributed by atoms with Crippen molar-refractivity contribution >= 4 is 23.5 Å². The molecule has 0 aliphatic carbocycles. The lowest BCUT2D eigenvalue weighted by Crippen LogP contribution is -2.37. The molecule has 2 N–H and O–H groups in total. The van der Waals surface area contributed by atoms with Gasteiger partial charge in [-0.3, -0.25) is 4.79 Å². The highest BCUT2D eigenvalue weighted by molar-refractivity contribution is 6.30. The maximum Gasteiger partial charge on any atom is 0.333 e. The number of carboxylic acids is 1. The van der Waals surface area contributed by atoms with Crippen LogP contribution in [0.3, 0.4) is 0 Å². The Morgan fingerprint density at radius 3 is 2.48 bits per heavy atom. The minimum Gasteiger partial charge on any atom is -0.481 e. The van der Waals surface area contributed by atoms with Crippen molar-refractivity contribution in [3.8, 4) is 5.75 Å². The summed E-state index contributed by atoms with van der Waals surface area (Å²) in [6.07, 6.45) is -0.590. The zero-order valence-corrected chi connectivity index (χ0v) is 17.3. The zero-order valence-electron chi connectivity index (χ0n) is 16.6. The smallest absolute Gasteiger partial charge is 0.333 e. The molecule has 2 aromatic carbocycles. The van der Waals surface area contributed by atoms with E-state index in [0.717, 1.165) is 11.1 Å². The van der Waals surface area contributed by atoms with E-state index in [1.807, 2.05) is 24.3 Å². The average Bonchev–Trinajstić information content (AvgIpc) is 2.69. The van der Waals surface area contributed by atoms with E-state index in [-0.39, 0.29) is 12.3 Å². The predicted octanol–water partition coefficient (Wildman–Crippen LogP) is 3.50. The van der Waals surface area contributed by atoms with Gasteiger partial charge in [-0.25, -0.2) is 4.79 Å². The summed E-state index contributed by atoms with van der Waals surface area (Å²) in [5.41, 5.74) is 1.87. The van der Waals surface area contributed by atoms with Gasteiger partial charge in [0, 0.05) is 24.6 Å². The number of carbonyl (C=O) groups excluding carboxylic acids is 1. The molecule has 2 aromatic rings. The van der Waals surface area contributed by atoms with Gasteiger partial charge in [-0.05, 0) is 55.7 Å². The molecule has 0 saturated heterocycles. The molecule has 2 rings (SSSR count). The number of carbonyl (C=O) groups is 2. The highest BCUT2D eigenvalue weighted by atomic mass is 35.5. The van der Waals surface area contributed by atoms with E-state index in [0.29, 0.717) is 30.3 Å². The van der Waals surface area contributed by atoms with Crippen LogP contribution in [0.4, 0.5) is 0 Å². The molecule has 7 heteroatoms. The van der Waals surface area contributed by atoms with Gasteiger partial charge in [-0.15, -0.1) is 0 Å². The normalized spacial score (nSPS) is 12.8. The van der Waals surface area contributed by atoms with Gasteiger partial charge in [0.1, 0.15) is 5.75 Å². The Balaban J connectivity index is 1.80. The van der Waals surface area contributed by atoms with Crippen molar-refractivity contribution in [2.75, 3.05) is 13.2 Å². The summed E-state index contributed by atoms with van der Waals surface area (Å²) >= 11 is 5.95. The number of halogens is 1. The highest BCUT2D eigenvalue weighted by Crippen LogP contribution is 2.16. The number of hydrogen-bond acceptors (Lipinski definition) is 4. The monoisotopic (exact) mass is 419 g/mol. The SMILES string of the molecule is CCO[C@H](Cc1ccc(O[C@@H](C)C(=O)NCCc2cccc(Cl)c2)cc1)C(=O)O. The van der Waals surface area contributed by atoms with Crippen molar-refractivity contribution in [2.24, 2.45) is 0 Å². The first-order chi connectivity index (χ1) is 13.9. The molecule has 0 aliphatic rings. The summed E-state index contributed by atoms with van der Waals surface area (Å²) in [5.74, 6) is -0.664. The van der Waals surface area contributed by atoms with Crippen molar-refractivity contribution < 1.29 is 24.2 Å². The Labute approximate surface area is 175 Å². The van der Waals surface area contributed by atoms with E-state index >= 15 is 0 Å². The first-order valence-corrected chi connectivity index (χ1v) is 9.89. The summed E-state index contributed by atoms with van der Waals surface area (Å²) in [7, 11) is 0. The van der Waals surface area contributed by atoms with Crippen LogP contribution >= 0.6 is 11.6 Å². The van der Waals surface area contributed by atoms with Gasteiger partial charge in [0.25, 0.3) is 5.91 Å². The summed E-state index contributed by atoms with van der Waals surface area (Å²) in [6, 6.07) is 14.5. The first-order valence-electron chi connectivity index (χ1n) is 9.51. The van der Waals surface area contributed by atoms with Gasteiger partial charge in [0.2, 0.25) is 0 Å². The van der Waals surface area contributed by atoms with E-state index in [1.165, 1.54) is 0 Å². The topological polar surface area (TPSA) is 84.9 Å². The Morgan fingerprint density at radius 1 is 1.14 bits per heavy atom. The summed E-state index contributed by atoms with van der Waals surface area (Å²) in [4.78, 5) is 23.4. The number of ether oxygens (including phenoxy) is 2. The number of aliphatic carboxylic acids is 1. The Hall–Kier alpha value is -2.57. The van der Waals surface area contributed by atoms with Crippen molar-refractivity contribution in [3.05, 3.63) is 64.7 Å². The van der Waals surface area contributed by atoms with Crippen LogP contribution in [0.25, 0.3) is 0 Å². The largest absolute Gasteiger partial charge is 0.481 e. The van der Waals surface area contributed by atoms with Crippen molar-refractivity contribution in [3.63, 3.8) is 0 Å². The molecular formula is C22H26ClNO5. The van der Waals surface area contributed by atoms with Crippen LogP contribution in [-0.2, 0) is 27.2 Å². The number of rotatable bonds is 11. The second-order valence-electron chi connectivity index (χ2n) is 6.56. The lowest BCUT2D eigenvalue weighted by molar-refractivity contribution is -0.150. The molecule has 0 aromatic heterocycles. The standard InChI is InChI=1S/C22H26ClNO5/c1-3-28-20(22(26)27)14-17-7-9-19(10-8-17)29-15(2)21(25)24-12-11-16-5-4-6-18(23)13-16/h4-10,13,15,20H,3,11-12,14H2,1-2H3,(H,24,25)(H,26,27)/t15-,20+/m0/s1. The van der Waals surface area contributed by atoms with E-state index in [2.05, 4.69) is 5.32 Å². The zero-order chi connectivity index (χ0) is 21.2. The van der Waals surface area contributed by atoms with Crippen LogP contribution in [-0.4, -0.2) is 42.3 Å². The average molecular weight is 420 g/mol. The fourth-order valence-electron chi connectivity index (χ4n) is 2.76. The van der Waals surface area contributed by atoms with E-state index in [9.17, 15) is 9.59 Å². The third-order valence-electron chi connectivity index (χ3n) is 4.27. The van der Waals surface area contributed by atoms with Crippen LogP contribution < -0.4 is 10.1 Å². The molecule has 0 aliphatic heterocycles. The quantitative estimate of drug-likeness (QED) is 0.582. The van der Waals surface area contributed by atoms with Gasteiger partial charge in [0.05, 0.1) is 0 Å². The van der Waals surface area contributed by atoms with Crippen LogP contribution in [0.2, 0.25) is 5.02 Å². The van der Waals surface area contributed by atoms with Crippen LogP contribution in [0.5, 0.6) is 5.75 Å².